The summed E-state index contributed by atoms with van der Waals surface area (Å²) in [7, 11) is 0. The SMILES string of the molecule is CC(=O)Nc1ccc(C(Cc2ccccc2F)c2nc3c([nH]2)c(=O)[nH]c(=O)n3CC2CCCCO2)cc1. The third kappa shape index (κ3) is 5.39. The molecule has 0 bridgehead atoms. The van der Waals surface area contributed by atoms with E-state index >= 15 is 0 Å². The molecule has 0 aliphatic carbocycles. The maximum Gasteiger partial charge on any atom is 0.330 e. The molecule has 0 radical (unpaired) electrons. The van der Waals surface area contributed by atoms with Crippen molar-refractivity contribution in [3.63, 3.8) is 0 Å². The van der Waals surface area contributed by atoms with Crippen LogP contribution >= 0.6 is 0 Å². The number of fused-ring (bicyclic) bond motifs is 1. The van der Waals surface area contributed by atoms with Gasteiger partial charge in [-0.2, -0.15) is 0 Å². The number of hydrogen-bond acceptors (Lipinski definition) is 5. The number of amides is 1. The Hall–Kier alpha value is -4.05. The van der Waals surface area contributed by atoms with Crippen molar-refractivity contribution < 1.29 is 13.9 Å². The Labute approximate surface area is 211 Å². The van der Waals surface area contributed by atoms with E-state index in [0.717, 1.165) is 24.8 Å². The first-order chi connectivity index (χ1) is 17.9. The van der Waals surface area contributed by atoms with Crippen LogP contribution in [0.15, 0.2) is 58.1 Å². The number of nitrogens with one attached hydrogen (secondary N) is 3. The Kier molecular flexibility index (Phi) is 7.00. The molecule has 1 aliphatic rings. The highest BCUT2D eigenvalue weighted by molar-refractivity contribution is 5.88. The van der Waals surface area contributed by atoms with Crippen molar-refractivity contribution in [2.24, 2.45) is 0 Å². The van der Waals surface area contributed by atoms with Crippen LogP contribution in [0.5, 0.6) is 0 Å². The summed E-state index contributed by atoms with van der Waals surface area (Å²) in [5.74, 6) is -0.556. The second-order valence-corrected chi connectivity index (χ2v) is 9.33. The van der Waals surface area contributed by atoms with Crippen molar-refractivity contribution in [3.8, 4) is 0 Å². The van der Waals surface area contributed by atoms with E-state index in [1.807, 2.05) is 12.1 Å². The molecule has 3 N–H and O–H groups in total. The summed E-state index contributed by atoms with van der Waals surface area (Å²) in [6, 6.07) is 13.7. The molecule has 3 heterocycles. The Morgan fingerprint density at radius 1 is 1.16 bits per heavy atom. The number of halogens is 1. The fourth-order valence-corrected chi connectivity index (χ4v) is 4.81. The third-order valence-corrected chi connectivity index (χ3v) is 6.66. The second-order valence-electron chi connectivity index (χ2n) is 9.33. The van der Waals surface area contributed by atoms with Crippen LogP contribution in [0.2, 0.25) is 0 Å². The van der Waals surface area contributed by atoms with Crippen molar-refractivity contribution in [3.05, 3.63) is 92.1 Å². The molecule has 4 aromatic rings. The molecule has 2 aromatic heterocycles. The van der Waals surface area contributed by atoms with E-state index in [0.29, 0.717) is 23.7 Å². The minimum absolute atomic E-state index is 0.142. The first-order valence-corrected chi connectivity index (χ1v) is 12.3. The number of carbonyl (C=O) groups is 1. The summed E-state index contributed by atoms with van der Waals surface area (Å²) in [6.45, 7) is 2.34. The van der Waals surface area contributed by atoms with Gasteiger partial charge < -0.3 is 15.0 Å². The Morgan fingerprint density at radius 2 is 1.95 bits per heavy atom. The van der Waals surface area contributed by atoms with E-state index in [1.165, 1.54) is 17.6 Å². The van der Waals surface area contributed by atoms with E-state index in [-0.39, 0.29) is 42.0 Å². The summed E-state index contributed by atoms with van der Waals surface area (Å²) in [5, 5.41) is 2.73. The number of aromatic amines is 2. The molecule has 5 rings (SSSR count). The molecule has 1 fully saturated rings. The van der Waals surface area contributed by atoms with Crippen LogP contribution in [0.4, 0.5) is 10.1 Å². The summed E-state index contributed by atoms with van der Waals surface area (Å²) >= 11 is 0. The number of ether oxygens (including phenoxy) is 1. The number of anilines is 1. The largest absolute Gasteiger partial charge is 0.376 e. The predicted octanol–water partition coefficient (Wildman–Crippen LogP) is 3.45. The number of carbonyl (C=O) groups excluding carboxylic acids is 1. The number of imidazole rings is 1. The molecule has 2 atom stereocenters. The molecule has 9 nitrogen and oxygen atoms in total. The summed E-state index contributed by atoms with van der Waals surface area (Å²) in [4.78, 5) is 47.1. The highest BCUT2D eigenvalue weighted by Gasteiger charge is 2.24. The van der Waals surface area contributed by atoms with Crippen LogP contribution in [0.1, 0.15) is 49.1 Å². The van der Waals surface area contributed by atoms with Crippen LogP contribution in [-0.4, -0.2) is 38.1 Å². The van der Waals surface area contributed by atoms with E-state index in [4.69, 9.17) is 9.72 Å². The van der Waals surface area contributed by atoms with Gasteiger partial charge in [0.05, 0.1) is 12.6 Å². The normalized spacial score (nSPS) is 16.5. The average Bonchev–Trinajstić information content (AvgIpc) is 3.33. The maximum atomic E-state index is 14.6. The van der Waals surface area contributed by atoms with Gasteiger partial charge in [-0.15, -0.1) is 0 Å². The van der Waals surface area contributed by atoms with Crippen LogP contribution in [-0.2, 0) is 22.5 Å². The van der Waals surface area contributed by atoms with Crippen molar-refractivity contribution in [1.82, 2.24) is 19.5 Å². The highest BCUT2D eigenvalue weighted by atomic mass is 19.1. The zero-order valence-electron chi connectivity index (χ0n) is 20.4. The number of nitrogens with zero attached hydrogens (tertiary/aromatic N) is 2. The zero-order valence-corrected chi connectivity index (χ0v) is 20.4. The number of H-pyrrole nitrogens is 2. The first kappa shape index (κ1) is 24.6. The molecule has 0 spiro atoms. The van der Waals surface area contributed by atoms with Crippen LogP contribution in [0.3, 0.4) is 0 Å². The number of rotatable bonds is 7. The molecule has 1 amide bonds. The molecule has 2 unspecified atom stereocenters. The number of aromatic nitrogens is 4. The standard InChI is InChI=1S/C27H28FN5O4/c1-16(34)29-19-11-9-17(10-12-19)21(14-18-6-2-3-8-22(18)28)24-30-23-25(31-24)33(27(36)32-26(23)35)15-20-7-4-5-13-37-20/h2-3,6,8-12,20-21H,4-5,7,13-15H2,1H3,(H,29,34)(H,30,31)(H,32,35,36). The quantitative estimate of drug-likeness (QED) is 0.355. The van der Waals surface area contributed by atoms with Crippen LogP contribution in [0, 0.1) is 5.82 Å². The van der Waals surface area contributed by atoms with Gasteiger partial charge in [0.25, 0.3) is 5.56 Å². The second kappa shape index (κ2) is 10.5. The fraction of sp³-hybridized carbons (Fsp3) is 0.333. The average molecular weight is 506 g/mol. The van der Waals surface area contributed by atoms with Gasteiger partial charge in [-0.3, -0.25) is 19.1 Å². The molecule has 37 heavy (non-hydrogen) atoms. The van der Waals surface area contributed by atoms with Crippen molar-refractivity contribution in [2.75, 3.05) is 11.9 Å². The molecule has 192 valence electrons. The minimum atomic E-state index is -0.565. The smallest absolute Gasteiger partial charge is 0.330 e. The summed E-state index contributed by atoms with van der Waals surface area (Å²) < 4.78 is 21.9. The summed E-state index contributed by atoms with van der Waals surface area (Å²) in [5.41, 5.74) is 1.23. The molecular formula is C27H28FN5O4. The monoisotopic (exact) mass is 505 g/mol. The van der Waals surface area contributed by atoms with Crippen molar-refractivity contribution in [1.29, 1.82) is 0 Å². The Balaban J connectivity index is 1.59. The zero-order chi connectivity index (χ0) is 25.9. The van der Waals surface area contributed by atoms with Crippen LogP contribution < -0.4 is 16.6 Å². The lowest BCUT2D eigenvalue weighted by molar-refractivity contribution is -0.114. The molecule has 10 heteroatoms. The van der Waals surface area contributed by atoms with E-state index in [2.05, 4.69) is 15.3 Å². The van der Waals surface area contributed by atoms with Crippen LogP contribution in [0.25, 0.3) is 11.2 Å². The van der Waals surface area contributed by atoms with E-state index in [1.54, 1.807) is 30.3 Å². The molecule has 1 aliphatic heterocycles. The van der Waals surface area contributed by atoms with Gasteiger partial charge in [0, 0.05) is 25.1 Å². The predicted molar refractivity (Wildman–Crippen MR) is 137 cm³/mol. The van der Waals surface area contributed by atoms with E-state index in [9.17, 15) is 18.8 Å². The van der Waals surface area contributed by atoms with Gasteiger partial charge in [-0.25, -0.2) is 14.2 Å². The van der Waals surface area contributed by atoms with Crippen molar-refractivity contribution in [2.45, 2.75) is 51.2 Å². The number of hydrogen-bond donors (Lipinski definition) is 3. The van der Waals surface area contributed by atoms with Crippen molar-refractivity contribution >= 4 is 22.8 Å². The third-order valence-electron chi connectivity index (χ3n) is 6.66. The topological polar surface area (TPSA) is 122 Å². The summed E-state index contributed by atoms with van der Waals surface area (Å²) in [6.07, 6.45) is 2.94. The maximum absolute atomic E-state index is 14.6. The van der Waals surface area contributed by atoms with Gasteiger partial charge in [0.2, 0.25) is 5.91 Å². The Bertz CT molecular complexity index is 1530. The Morgan fingerprint density at radius 3 is 2.65 bits per heavy atom. The first-order valence-electron chi connectivity index (χ1n) is 12.3. The number of benzene rings is 2. The van der Waals surface area contributed by atoms with Gasteiger partial charge in [0.1, 0.15) is 17.2 Å². The molecular weight excluding hydrogens is 477 g/mol. The van der Waals surface area contributed by atoms with E-state index < -0.39 is 17.2 Å². The molecule has 0 saturated carbocycles. The molecule has 2 aromatic carbocycles. The highest BCUT2D eigenvalue weighted by Crippen LogP contribution is 2.30. The van der Waals surface area contributed by atoms with Gasteiger partial charge in [0.15, 0.2) is 5.65 Å². The lowest BCUT2D eigenvalue weighted by Crippen LogP contribution is -2.35. The van der Waals surface area contributed by atoms with Gasteiger partial charge in [-0.1, -0.05) is 30.3 Å². The lowest BCUT2D eigenvalue weighted by atomic mass is 9.91. The van der Waals surface area contributed by atoms with Gasteiger partial charge >= 0.3 is 5.69 Å². The minimum Gasteiger partial charge on any atom is -0.376 e. The fourth-order valence-electron chi connectivity index (χ4n) is 4.81. The molecule has 1 saturated heterocycles. The lowest BCUT2D eigenvalue weighted by Gasteiger charge is -2.23. The van der Waals surface area contributed by atoms with Gasteiger partial charge in [-0.05, 0) is 55.0 Å².